The Morgan fingerprint density at radius 3 is 2.12 bits per heavy atom. The fourth-order valence-electron chi connectivity index (χ4n) is 1.56. The fourth-order valence-corrected chi connectivity index (χ4v) is 5.71. The second kappa shape index (κ2) is 10.0. The predicted molar refractivity (Wildman–Crippen MR) is 67.6 cm³/mol. The number of hydrogen-bond donors (Lipinski definition) is 0. The van der Waals surface area contributed by atoms with Crippen LogP contribution < -0.4 is 24.8 Å². The Hall–Kier alpha value is 1.17. The van der Waals surface area contributed by atoms with Crippen molar-refractivity contribution in [2.75, 3.05) is 0 Å². The first-order chi connectivity index (χ1) is 6.40. The first-order valence-corrected chi connectivity index (χ1v) is 11.7. The zero-order valence-corrected chi connectivity index (χ0v) is 16.4. The van der Waals surface area contributed by atoms with E-state index in [2.05, 4.69) is 51.0 Å². The molecule has 17 heavy (non-hydrogen) atoms. The Morgan fingerprint density at radius 2 is 1.82 bits per heavy atom. The van der Waals surface area contributed by atoms with Gasteiger partial charge in [0.15, 0.2) is 8.32 Å². The summed E-state index contributed by atoms with van der Waals surface area (Å²) in [5.41, 5.74) is 1.70. The molecule has 1 aliphatic rings. The van der Waals surface area contributed by atoms with Crippen molar-refractivity contribution in [1.82, 2.24) is 0 Å². The largest absolute Gasteiger partial charge is 3.00 e. The molecule has 6 heteroatoms. The third kappa shape index (κ3) is 8.81. The molecule has 0 amide bonds. The van der Waals surface area contributed by atoms with E-state index in [1.807, 2.05) is 0 Å². The normalized spacial score (nSPS) is 15.5. The molecule has 0 spiro atoms. The molecule has 0 bridgehead atoms. The first-order valence-electron chi connectivity index (χ1n) is 5.35. The summed E-state index contributed by atoms with van der Waals surface area (Å²) in [6, 6.07) is 0. The van der Waals surface area contributed by atoms with Gasteiger partial charge >= 0.3 is 21.7 Å². The molecule has 0 N–H and O–H groups in total. The standard InChI is InChI=1S/C11H21OSi2.2ClH.Ti/c1-13(2)11(12-14(3,4)5)10-8-6-7-9-10;;;/h6,8,11,13H,7H2,1-5H3;2*1H;/q-1;;;+3/p-2. The molecule has 0 aromatic rings. The van der Waals surface area contributed by atoms with Crippen molar-refractivity contribution in [3.05, 3.63) is 23.8 Å². The van der Waals surface area contributed by atoms with Crippen molar-refractivity contribution in [1.29, 1.82) is 0 Å². The molecule has 0 aliphatic heterocycles. The summed E-state index contributed by atoms with van der Waals surface area (Å²) in [5.74, 6) is 0. The zero-order valence-electron chi connectivity index (χ0n) is 11.2. The van der Waals surface area contributed by atoms with Gasteiger partial charge in [0.25, 0.3) is 0 Å². The van der Waals surface area contributed by atoms with E-state index >= 15 is 0 Å². The molecular formula is C11H21Cl2OSi2Ti. The molecule has 0 saturated heterocycles. The van der Waals surface area contributed by atoms with Crippen molar-refractivity contribution < 1.29 is 51.0 Å². The Bertz CT molecular complexity index is 263. The maximum absolute atomic E-state index is 6.23. The van der Waals surface area contributed by atoms with Crippen molar-refractivity contribution in [2.24, 2.45) is 0 Å². The van der Waals surface area contributed by atoms with Crippen LogP contribution in [0.3, 0.4) is 0 Å². The van der Waals surface area contributed by atoms with Gasteiger partial charge in [-0.25, -0.2) is 6.08 Å². The minimum Gasteiger partial charge on any atom is -1.00 e. The van der Waals surface area contributed by atoms with Gasteiger partial charge in [0.1, 0.15) is 0 Å². The van der Waals surface area contributed by atoms with E-state index < -0.39 is 17.1 Å². The third-order valence-electron chi connectivity index (χ3n) is 2.11. The van der Waals surface area contributed by atoms with Crippen molar-refractivity contribution in [3.63, 3.8) is 0 Å². The molecular weight excluding hydrogens is 323 g/mol. The van der Waals surface area contributed by atoms with Crippen LogP contribution in [0.25, 0.3) is 0 Å². The van der Waals surface area contributed by atoms with E-state index in [1.165, 1.54) is 5.57 Å². The van der Waals surface area contributed by atoms with Crippen LogP contribution in [0.2, 0.25) is 32.7 Å². The van der Waals surface area contributed by atoms with E-state index in [-0.39, 0.29) is 46.5 Å². The van der Waals surface area contributed by atoms with E-state index in [0.717, 1.165) is 6.42 Å². The summed E-state index contributed by atoms with van der Waals surface area (Å²) in [4.78, 5) is 0. The third-order valence-corrected chi connectivity index (χ3v) is 5.05. The Kier molecular flexibility index (Phi) is 13.7. The number of hydrogen-bond acceptors (Lipinski definition) is 1. The summed E-state index contributed by atoms with van der Waals surface area (Å²) in [5, 5.41) is 0. The van der Waals surface area contributed by atoms with Crippen LogP contribution in [0.5, 0.6) is 0 Å². The van der Waals surface area contributed by atoms with Crippen molar-refractivity contribution >= 4 is 17.1 Å². The molecule has 0 saturated carbocycles. The molecule has 0 aromatic carbocycles. The maximum atomic E-state index is 6.23. The molecule has 0 heterocycles. The summed E-state index contributed by atoms with van der Waals surface area (Å²) < 4.78 is 6.23. The molecule has 1 nitrogen and oxygen atoms in total. The molecule has 0 aromatic heterocycles. The van der Waals surface area contributed by atoms with Gasteiger partial charge in [-0.2, -0.15) is 11.6 Å². The molecule has 1 radical (unpaired) electrons. The van der Waals surface area contributed by atoms with Gasteiger partial charge in [0.05, 0.1) is 8.80 Å². The minimum atomic E-state index is -1.41. The molecule has 1 rings (SSSR count). The minimum absolute atomic E-state index is 0. The van der Waals surface area contributed by atoms with E-state index in [0.29, 0.717) is 5.73 Å². The van der Waals surface area contributed by atoms with Gasteiger partial charge in [-0.05, 0) is 19.6 Å². The predicted octanol–water partition coefficient (Wildman–Crippen LogP) is -3.07. The van der Waals surface area contributed by atoms with Gasteiger partial charge in [-0.1, -0.05) is 13.1 Å². The molecule has 0 fully saturated rings. The average molecular weight is 344 g/mol. The maximum Gasteiger partial charge on any atom is 3.00 e. The Morgan fingerprint density at radius 1 is 1.29 bits per heavy atom. The molecule has 1 aliphatic carbocycles. The second-order valence-electron chi connectivity index (χ2n) is 5.13. The molecule has 97 valence electrons. The smallest absolute Gasteiger partial charge is 1.00 e. The van der Waals surface area contributed by atoms with Crippen LogP contribution in [-0.4, -0.2) is 22.8 Å². The van der Waals surface area contributed by atoms with Crippen LogP contribution in [0.4, 0.5) is 0 Å². The van der Waals surface area contributed by atoms with Gasteiger partial charge in [-0.15, -0.1) is 6.42 Å². The van der Waals surface area contributed by atoms with Crippen LogP contribution >= 0.6 is 0 Å². The van der Waals surface area contributed by atoms with E-state index in [1.54, 1.807) is 0 Å². The quantitative estimate of drug-likeness (QED) is 0.389. The van der Waals surface area contributed by atoms with Crippen LogP contribution in [0.1, 0.15) is 6.42 Å². The number of allylic oxidation sites excluding steroid dienone is 2. The number of rotatable bonds is 4. The van der Waals surface area contributed by atoms with Crippen LogP contribution in [-0.2, 0) is 26.1 Å². The van der Waals surface area contributed by atoms with Crippen molar-refractivity contribution in [2.45, 2.75) is 44.9 Å². The molecule has 1 atom stereocenters. The number of halogens is 2. The van der Waals surface area contributed by atoms with Gasteiger partial charge in [0.2, 0.25) is 0 Å². The summed E-state index contributed by atoms with van der Waals surface area (Å²) in [7, 11) is -2.19. The van der Waals surface area contributed by atoms with Crippen molar-refractivity contribution in [3.8, 4) is 0 Å². The van der Waals surface area contributed by atoms with Gasteiger partial charge < -0.3 is 29.2 Å². The molecule has 1 unspecified atom stereocenters. The summed E-state index contributed by atoms with van der Waals surface area (Å²) in [6.45, 7) is 11.5. The van der Waals surface area contributed by atoms with E-state index in [9.17, 15) is 0 Å². The average Bonchev–Trinajstić information content (AvgIpc) is 2.49. The monoisotopic (exact) mass is 343 g/mol. The van der Waals surface area contributed by atoms with Gasteiger partial charge in [0, 0.05) is 5.73 Å². The fraction of sp³-hybridized carbons (Fsp3) is 0.636. The SMILES string of the molecule is C[SiH](C)C(O[Si](C)(C)C)C1=[C-]CC=C1.[Cl-].[Cl-].[Ti+3]. The Labute approximate surface area is 136 Å². The topological polar surface area (TPSA) is 9.23 Å². The Balaban J connectivity index is -0.000000653. The summed E-state index contributed by atoms with van der Waals surface area (Å²) >= 11 is 0. The van der Waals surface area contributed by atoms with Crippen LogP contribution in [0, 0.1) is 6.08 Å². The van der Waals surface area contributed by atoms with E-state index in [4.69, 9.17) is 4.43 Å². The first kappa shape index (κ1) is 23.3. The van der Waals surface area contributed by atoms with Gasteiger partial charge in [-0.3, -0.25) is 6.08 Å². The van der Waals surface area contributed by atoms with Crippen LogP contribution in [0.15, 0.2) is 17.7 Å². The summed E-state index contributed by atoms with van der Waals surface area (Å²) in [6.07, 6.45) is 8.74. The second-order valence-corrected chi connectivity index (χ2v) is 12.7. The zero-order chi connectivity index (χ0) is 10.8.